The maximum atomic E-state index is 10.4. The van der Waals surface area contributed by atoms with Crippen molar-refractivity contribution < 1.29 is 19.7 Å². The number of hydrogen-bond donors (Lipinski definition) is 2. The van der Waals surface area contributed by atoms with Gasteiger partial charge < -0.3 is 14.9 Å². The first-order valence-electron chi connectivity index (χ1n) is 3.58. The minimum absolute atomic E-state index is 0.0116. The molecule has 66 valence electrons. The molecule has 0 bridgehead atoms. The van der Waals surface area contributed by atoms with E-state index in [4.69, 9.17) is 14.9 Å². The van der Waals surface area contributed by atoms with Gasteiger partial charge >= 0.3 is 5.97 Å². The number of ether oxygens (including phenoxy) is 1. The van der Waals surface area contributed by atoms with Crippen molar-refractivity contribution in [1.29, 1.82) is 0 Å². The van der Waals surface area contributed by atoms with Crippen LogP contribution in [0.15, 0.2) is 0 Å². The van der Waals surface area contributed by atoms with E-state index < -0.39 is 0 Å². The summed E-state index contributed by atoms with van der Waals surface area (Å²) in [5.41, 5.74) is 0. The van der Waals surface area contributed by atoms with Crippen molar-refractivity contribution in [3.8, 4) is 0 Å². The Bertz CT molecular complexity index is 113. The Morgan fingerprint density at radius 2 is 2.27 bits per heavy atom. The highest BCUT2D eigenvalue weighted by molar-refractivity contribution is 5.71. The summed E-state index contributed by atoms with van der Waals surface area (Å²) in [6.07, 6.45) is 1.87. The van der Waals surface area contributed by atoms with Crippen LogP contribution < -0.4 is 0 Å². The molecule has 0 aromatic rings. The monoisotopic (exact) mass is 162 g/mol. The van der Waals surface area contributed by atoms with Gasteiger partial charge in [-0.2, -0.15) is 0 Å². The highest BCUT2D eigenvalue weighted by atomic mass is 16.5. The lowest BCUT2D eigenvalue weighted by Gasteiger charge is -2.04. The highest BCUT2D eigenvalue weighted by Crippen LogP contribution is 2.15. The molecule has 0 aromatic carbocycles. The predicted octanol–water partition coefficient (Wildman–Crippen LogP) is -0.317. The van der Waals surface area contributed by atoms with Crippen LogP contribution in [-0.2, 0) is 9.53 Å². The quantitative estimate of drug-likeness (QED) is 0.546. The van der Waals surface area contributed by atoms with Gasteiger partial charge in [0.2, 0.25) is 0 Å². The van der Waals surface area contributed by atoms with E-state index in [-0.39, 0.29) is 18.7 Å². The second-order valence-electron chi connectivity index (χ2n) is 2.16. The molecular weight excluding hydrogens is 148 g/mol. The third-order valence-corrected chi connectivity index (χ3v) is 1.42. The van der Waals surface area contributed by atoms with E-state index in [1.165, 1.54) is 0 Å². The molecule has 0 aliphatic carbocycles. The second-order valence-corrected chi connectivity index (χ2v) is 2.16. The van der Waals surface area contributed by atoms with Gasteiger partial charge in [-0.15, -0.1) is 0 Å². The molecule has 1 aliphatic rings. The third kappa shape index (κ3) is 3.95. The average molecular weight is 162 g/mol. The summed E-state index contributed by atoms with van der Waals surface area (Å²) in [6, 6.07) is 0. The van der Waals surface area contributed by atoms with Crippen molar-refractivity contribution >= 4 is 5.97 Å². The molecule has 1 unspecified atom stereocenters. The smallest absolute Gasteiger partial charge is 0.306 e. The molecule has 1 rings (SSSR count). The Kier molecular flexibility index (Phi) is 5.78. The van der Waals surface area contributed by atoms with Gasteiger partial charge in [0, 0.05) is 26.6 Å². The molecule has 11 heavy (non-hydrogen) atoms. The van der Waals surface area contributed by atoms with Gasteiger partial charge in [0.25, 0.3) is 0 Å². The Balaban J connectivity index is 0.000000461. The van der Waals surface area contributed by atoms with E-state index in [9.17, 15) is 4.79 Å². The zero-order valence-corrected chi connectivity index (χ0v) is 6.62. The van der Waals surface area contributed by atoms with Crippen LogP contribution in [0.25, 0.3) is 0 Å². The fraction of sp³-hybridized carbons (Fsp3) is 0.857. The third-order valence-electron chi connectivity index (χ3n) is 1.42. The second kappa shape index (κ2) is 6.12. The molecule has 1 saturated heterocycles. The fourth-order valence-corrected chi connectivity index (χ4v) is 0.930. The van der Waals surface area contributed by atoms with Gasteiger partial charge in [-0.25, -0.2) is 0 Å². The average Bonchev–Trinajstić information content (AvgIpc) is 2.41. The summed E-state index contributed by atoms with van der Waals surface area (Å²) < 4.78 is 4.80. The molecule has 0 spiro atoms. The number of hydrogen-bond acceptors (Lipinski definition) is 4. The molecule has 0 radical (unpaired) electrons. The van der Waals surface area contributed by atoms with Crippen LogP contribution in [0.5, 0.6) is 0 Å². The summed E-state index contributed by atoms with van der Waals surface area (Å²) >= 11 is 0. The number of aliphatic hydroxyl groups excluding tert-OH is 2. The maximum absolute atomic E-state index is 10.4. The zero-order valence-electron chi connectivity index (χ0n) is 6.62. The van der Waals surface area contributed by atoms with E-state index in [2.05, 4.69) is 0 Å². The van der Waals surface area contributed by atoms with Crippen molar-refractivity contribution in [2.75, 3.05) is 13.7 Å². The highest BCUT2D eigenvalue weighted by Gasteiger charge is 2.21. The Labute approximate surface area is 65.8 Å². The summed E-state index contributed by atoms with van der Waals surface area (Å²) in [7, 11) is 1.00. The van der Waals surface area contributed by atoms with Crippen molar-refractivity contribution in [2.24, 2.45) is 0 Å². The first-order valence-corrected chi connectivity index (χ1v) is 3.58. The predicted molar refractivity (Wildman–Crippen MR) is 39.0 cm³/mol. The van der Waals surface area contributed by atoms with E-state index in [0.717, 1.165) is 13.5 Å². The van der Waals surface area contributed by atoms with Crippen LogP contribution in [-0.4, -0.2) is 36.0 Å². The normalized spacial score (nSPS) is 22.1. The molecule has 4 heteroatoms. The number of aliphatic hydroxyl groups is 2. The molecule has 1 aliphatic heterocycles. The SMILES string of the molecule is CO.O=C1CCC(CCO)O1. The molecule has 1 heterocycles. The fourth-order valence-electron chi connectivity index (χ4n) is 0.930. The van der Waals surface area contributed by atoms with E-state index >= 15 is 0 Å². The van der Waals surface area contributed by atoms with E-state index in [1.807, 2.05) is 0 Å². The lowest BCUT2D eigenvalue weighted by atomic mass is 10.2. The van der Waals surface area contributed by atoms with Gasteiger partial charge in [0.1, 0.15) is 6.10 Å². The number of cyclic esters (lactones) is 1. The van der Waals surface area contributed by atoms with Crippen LogP contribution in [0.2, 0.25) is 0 Å². The summed E-state index contributed by atoms with van der Waals surface area (Å²) in [5, 5.41) is 15.4. The van der Waals surface area contributed by atoms with Gasteiger partial charge in [-0.1, -0.05) is 0 Å². The maximum Gasteiger partial charge on any atom is 0.306 e. The molecule has 0 saturated carbocycles. The Morgan fingerprint density at radius 3 is 2.64 bits per heavy atom. The van der Waals surface area contributed by atoms with Crippen LogP contribution in [0.3, 0.4) is 0 Å². The molecule has 0 aromatic heterocycles. The van der Waals surface area contributed by atoms with Crippen molar-refractivity contribution in [1.82, 2.24) is 0 Å². The van der Waals surface area contributed by atoms with Crippen molar-refractivity contribution in [2.45, 2.75) is 25.4 Å². The number of carbonyl (C=O) groups is 1. The van der Waals surface area contributed by atoms with Gasteiger partial charge in [-0.05, 0) is 6.42 Å². The zero-order chi connectivity index (χ0) is 8.69. The molecule has 1 fully saturated rings. The largest absolute Gasteiger partial charge is 0.462 e. The van der Waals surface area contributed by atoms with E-state index in [1.54, 1.807) is 0 Å². The van der Waals surface area contributed by atoms with Crippen molar-refractivity contribution in [3.63, 3.8) is 0 Å². The standard InChI is InChI=1S/C6H10O3.CH4O/c7-4-3-5-1-2-6(8)9-5;1-2/h5,7H,1-4H2;2H,1H3. The first-order chi connectivity index (χ1) is 5.33. The van der Waals surface area contributed by atoms with Gasteiger partial charge in [0.15, 0.2) is 0 Å². The van der Waals surface area contributed by atoms with Crippen LogP contribution in [0, 0.1) is 0 Å². The number of carbonyl (C=O) groups excluding carboxylic acids is 1. The lowest BCUT2D eigenvalue weighted by Crippen LogP contribution is -2.08. The summed E-state index contributed by atoms with van der Waals surface area (Å²) in [4.78, 5) is 10.4. The van der Waals surface area contributed by atoms with Crippen LogP contribution in [0.4, 0.5) is 0 Å². The van der Waals surface area contributed by atoms with Gasteiger partial charge in [-0.3, -0.25) is 4.79 Å². The molecular formula is C7H14O4. The Hall–Kier alpha value is -0.610. The number of esters is 1. The van der Waals surface area contributed by atoms with Crippen molar-refractivity contribution in [3.05, 3.63) is 0 Å². The van der Waals surface area contributed by atoms with Crippen LogP contribution in [0.1, 0.15) is 19.3 Å². The first kappa shape index (κ1) is 10.4. The molecule has 1 atom stereocenters. The molecule has 4 nitrogen and oxygen atoms in total. The summed E-state index contributed by atoms with van der Waals surface area (Å²) in [6.45, 7) is 0.109. The van der Waals surface area contributed by atoms with E-state index in [0.29, 0.717) is 12.8 Å². The minimum atomic E-state index is -0.131. The Morgan fingerprint density at radius 1 is 1.64 bits per heavy atom. The molecule has 2 N–H and O–H groups in total. The molecule has 0 amide bonds. The van der Waals surface area contributed by atoms with Crippen LogP contribution >= 0.6 is 0 Å². The lowest BCUT2D eigenvalue weighted by molar-refractivity contribution is -0.141. The topological polar surface area (TPSA) is 66.8 Å². The summed E-state index contributed by atoms with van der Waals surface area (Å²) in [5.74, 6) is -0.131. The van der Waals surface area contributed by atoms with Gasteiger partial charge in [0.05, 0.1) is 0 Å². The number of rotatable bonds is 2. The minimum Gasteiger partial charge on any atom is -0.462 e.